The zero-order valence-electron chi connectivity index (χ0n) is 12.7. The number of nitrogens with one attached hydrogen (secondary N) is 1. The summed E-state index contributed by atoms with van der Waals surface area (Å²) in [5.41, 5.74) is 3.60. The Labute approximate surface area is 131 Å². The Morgan fingerprint density at radius 3 is 2.52 bits per heavy atom. The highest BCUT2D eigenvalue weighted by atomic mass is 35.5. The Kier molecular flexibility index (Phi) is 5.38. The van der Waals surface area contributed by atoms with Crippen LogP contribution in [-0.2, 0) is 0 Å². The first-order chi connectivity index (χ1) is 10.0. The van der Waals surface area contributed by atoms with Crippen LogP contribution in [0.1, 0.15) is 41.6 Å². The largest absolute Gasteiger partial charge is 0.306 e. The van der Waals surface area contributed by atoms with E-state index in [9.17, 15) is 4.39 Å². The maximum absolute atomic E-state index is 14.3. The van der Waals surface area contributed by atoms with Gasteiger partial charge in [-0.3, -0.25) is 0 Å². The molecule has 0 saturated heterocycles. The van der Waals surface area contributed by atoms with Gasteiger partial charge in [-0.1, -0.05) is 42.8 Å². The van der Waals surface area contributed by atoms with Crippen LogP contribution in [0.25, 0.3) is 0 Å². The molecular weight excluding hydrogens is 285 g/mol. The minimum Gasteiger partial charge on any atom is -0.306 e. The van der Waals surface area contributed by atoms with Crippen LogP contribution in [0.15, 0.2) is 36.4 Å². The SMILES string of the molecule is CCCNC(c1ccc(C)c(Cl)c1)c1ccc(C)cc1F. The molecule has 2 rings (SSSR count). The molecule has 0 aliphatic heterocycles. The molecule has 0 radical (unpaired) electrons. The predicted molar refractivity (Wildman–Crippen MR) is 87.5 cm³/mol. The zero-order valence-corrected chi connectivity index (χ0v) is 13.5. The minimum absolute atomic E-state index is 0.177. The first kappa shape index (κ1) is 16.0. The van der Waals surface area contributed by atoms with Crippen LogP contribution in [0.5, 0.6) is 0 Å². The van der Waals surface area contributed by atoms with Gasteiger partial charge in [-0.2, -0.15) is 0 Å². The average molecular weight is 306 g/mol. The van der Waals surface area contributed by atoms with Gasteiger partial charge in [-0.15, -0.1) is 0 Å². The molecule has 2 aromatic carbocycles. The Balaban J connectivity index is 2.44. The van der Waals surface area contributed by atoms with E-state index >= 15 is 0 Å². The van der Waals surface area contributed by atoms with Crippen molar-refractivity contribution < 1.29 is 4.39 Å². The van der Waals surface area contributed by atoms with Gasteiger partial charge in [-0.25, -0.2) is 4.39 Å². The Morgan fingerprint density at radius 2 is 1.90 bits per heavy atom. The third-order valence-corrected chi connectivity index (χ3v) is 4.00. The highest BCUT2D eigenvalue weighted by molar-refractivity contribution is 6.31. The molecule has 3 heteroatoms. The molecule has 2 aromatic rings. The molecule has 1 atom stereocenters. The average Bonchev–Trinajstić information content (AvgIpc) is 2.44. The quantitative estimate of drug-likeness (QED) is 0.802. The summed E-state index contributed by atoms with van der Waals surface area (Å²) >= 11 is 6.22. The predicted octanol–water partition coefficient (Wildman–Crippen LogP) is 5.18. The van der Waals surface area contributed by atoms with Gasteiger partial charge < -0.3 is 5.32 Å². The number of halogens is 2. The van der Waals surface area contributed by atoms with Crippen molar-refractivity contribution in [1.29, 1.82) is 0 Å². The van der Waals surface area contributed by atoms with Crippen LogP contribution in [0, 0.1) is 19.7 Å². The summed E-state index contributed by atoms with van der Waals surface area (Å²) in [6.45, 7) is 6.78. The van der Waals surface area contributed by atoms with E-state index in [1.807, 2.05) is 44.2 Å². The third-order valence-electron chi connectivity index (χ3n) is 3.59. The van der Waals surface area contributed by atoms with Crippen molar-refractivity contribution in [2.75, 3.05) is 6.54 Å². The van der Waals surface area contributed by atoms with Crippen molar-refractivity contribution in [3.63, 3.8) is 0 Å². The van der Waals surface area contributed by atoms with Crippen molar-refractivity contribution in [2.24, 2.45) is 0 Å². The van der Waals surface area contributed by atoms with Gasteiger partial charge in [0.25, 0.3) is 0 Å². The molecule has 0 heterocycles. The van der Waals surface area contributed by atoms with Crippen LogP contribution in [0.2, 0.25) is 5.02 Å². The molecule has 0 aromatic heterocycles. The number of benzene rings is 2. The summed E-state index contributed by atoms with van der Waals surface area (Å²) in [5, 5.41) is 4.12. The summed E-state index contributed by atoms with van der Waals surface area (Å²) in [6, 6.07) is 11.1. The maximum Gasteiger partial charge on any atom is 0.128 e. The van der Waals surface area contributed by atoms with Gasteiger partial charge in [-0.05, 0) is 55.6 Å². The monoisotopic (exact) mass is 305 g/mol. The highest BCUT2D eigenvalue weighted by Gasteiger charge is 2.18. The van der Waals surface area contributed by atoms with E-state index in [0.717, 1.165) is 29.7 Å². The third kappa shape index (κ3) is 3.84. The molecule has 1 unspecified atom stereocenters. The van der Waals surface area contributed by atoms with E-state index in [1.54, 1.807) is 6.07 Å². The van der Waals surface area contributed by atoms with E-state index in [4.69, 9.17) is 11.6 Å². The smallest absolute Gasteiger partial charge is 0.128 e. The van der Waals surface area contributed by atoms with Crippen molar-refractivity contribution in [2.45, 2.75) is 33.2 Å². The topological polar surface area (TPSA) is 12.0 Å². The van der Waals surface area contributed by atoms with Crippen LogP contribution < -0.4 is 5.32 Å². The fourth-order valence-electron chi connectivity index (χ4n) is 2.35. The van der Waals surface area contributed by atoms with Crippen molar-refractivity contribution in [3.8, 4) is 0 Å². The second-order valence-electron chi connectivity index (χ2n) is 5.42. The summed E-state index contributed by atoms with van der Waals surface area (Å²) < 4.78 is 14.3. The molecular formula is C18H21ClFN. The number of hydrogen-bond acceptors (Lipinski definition) is 1. The number of aryl methyl sites for hydroxylation is 2. The summed E-state index contributed by atoms with van der Waals surface area (Å²) in [6.07, 6.45) is 0.990. The van der Waals surface area contributed by atoms with Crippen molar-refractivity contribution in [1.82, 2.24) is 5.32 Å². The van der Waals surface area contributed by atoms with E-state index in [0.29, 0.717) is 10.6 Å². The summed E-state index contributed by atoms with van der Waals surface area (Å²) in [7, 11) is 0. The van der Waals surface area contributed by atoms with E-state index in [1.165, 1.54) is 0 Å². The minimum atomic E-state index is -0.180. The summed E-state index contributed by atoms with van der Waals surface area (Å²) in [5.74, 6) is -0.180. The van der Waals surface area contributed by atoms with E-state index in [-0.39, 0.29) is 11.9 Å². The lowest BCUT2D eigenvalue weighted by Crippen LogP contribution is -2.24. The molecule has 0 saturated carbocycles. The van der Waals surface area contributed by atoms with Gasteiger partial charge in [0, 0.05) is 10.6 Å². The molecule has 0 aliphatic carbocycles. The lowest BCUT2D eigenvalue weighted by Gasteiger charge is -2.21. The normalized spacial score (nSPS) is 12.4. The second-order valence-corrected chi connectivity index (χ2v) is 5.83. The second kappa shape index (κ2) is 7.06. The molecule has 0 fully saturated rings. The Morgan fingerprint density at radius 1 is 1.14 bits per heavy atom. The number of rotatable bonds is 5. The molecule has 0 bridgehead atoms. The van der Waals surface area contributed by atoms with Crippen LogP contribution in [0.4, 0.5) is 4.39 Å². The van der Waals surface area contributed by atoms with Gasteiger partial charge >= 0.3 is 0 Å². The molecule has 0 spiro atoms. The van der Waals surface area contributed by atoms with Crippen LogP contribution in [-0.4, -0.2) is 6.54 Å². The maximum atomic E-state index is 14.3. The standard InChI is InChI=1S/C18H21ClFN/c1-4-9-21-18(14-7-6-13(3)16(19)11-14)15-8-5-12(2)10-17(15)20/h5-8,10-11,18,21H,4,9H2,1-3H3. The molecule has 0 aliphatic rings. The van der Waals surface area contributed by atoms with Gasteiger partial charge in [0.1, 0.15) is 5.82 Å². The molecule has 1 N–H and O–H groups in total. The van der Waals surface area contributed by atoms with E-state index in [2.05, 4.69) is 12.2 Å². The first-order valence-corrected chi connectivity index (χ1v) is 7.66. The Bertz CT molecular complexity index is 625. The van der Waals surface area contributed by atoms with Crippen LogP contribution >= 0.6 is 11.6 Å². The molecule has 112 valence electrons. The Hall–Kier alpha value is -1.38. The van der Waals surface area contributed by atoms with E-state index < -0.39 is 0 Å². The molecule has 0 amide bonds. The highest BCUT2D eigenvalue weighted by Crippen LogP contribution is 2.28. The lowest BCUT2D eigenvalue weighted by atomic mass is 9.96. The fraction of sp³-hybridized carbons (Fsp3) is 0.333. The van der Waals surface area contributed by atoms with Crippen LogP contribution in [0.3, 0.4) is 0 Å². The van der Waals surface area contributed by atoms with Gasteiger partial charge in [0.2, 0.25) is 0 Å². The first-order valence-electron chi connectivity index (χ1n) is 7.28. The zero-order chi connectivity index (χ0) is 15.4. The number of hydrogen-bond donors (Lipinski definition) is 1. The summed E-state index contributed by atoms with van der Waals surface area (Å²) in [4.78, 5) is 0. The van der Waals surface area contributed by atoms with Gasteiger partial charge in [0.15, 0.2) is 0 Å². The van der Waals surface area contributed by atoms with Gasteiger partial charge in [0.05, 0.1) is 6.04 Å². The van der Waals surface area contributed by atoms with Crippen molar-refractivity contribution in [3.05, 3.63) is 69.5 Å². The molecule has 21 heavy (non-hydrogen) atoms. The lowest BCUT2D eigenvalue weighted by molar-refractivity contribution is 0.546. The molecule has 1 nitrogen and oxygen atoms in total. The van der Waals surface area contributed by atoms with Crippen molar-refractivity contribution >= 4 is 11.6 Å². The fourth-order valence-corrected chi connectivity index (χ4v) is 2.54.